The lowest BCUT2D eigenvalue weighted by molar-refractivity contribution is -0.122. The number of carbonyl (C=O) groups excluding carboxylic acids is 1. The molecule has 3 N–H and O–H groups in total. The second kappa shape index (κ2) is 5.47. The number of β-amino-alcohol motifs (C(OH)–C–C–N with tert-alkyl or cyclic N) is 1. The Morgan fingerprint density at radius 2 is 2.54 bits per heavy atom. The molecule has 2 atom stereocenters. The van der Waals surface area contributed by atoms with E-state index in [-0.39, 0.29) is 18.1 Å². The SMILES string of the molecule is CSCCNC(=O)C1C[C@@H](O)CN1. The van der Waals surface area contributed by atoms with Crippen molar-refractivity contribution in [2.24, 2.45) is 0 Å². The zero-order valence-electron chi connectivity index (χ0n) is 7.75. The van der Waals surface area contributed by atoms with Crippen LogP contribution in [0.3, 0.4) is 0 Å². The van der Waals surface area contributed by atoms with E-state index in [0.29, 0.717) is 19.5 Å². The first-order valence-corrected chi connectivity index (χ1v) is 5.81. The summed E-state index contributed by atoms with van der Waals surface area (Å²) in [7, 11) is 0. The topological polar surface area (TPSA) is 61.4 Å². The molecule has 1 aliphatic rings. The lowest BCUT2D eigenvalue weighted by atomic mass is 10.2. The standard InChI is InChI=1S/C8H16N2O2S/c1-13-3-2-9-8(12)7-4-6(11)5-10-7/h6-7,10-11H,2-5H2,1H3,(H,9,12)/t6-,7?/m1/s1. The largest absolute Gasteiger partial charge is 0.392 e. The van der Waals surface area contributed by atoms with E-state index in [4.69, 9.17) is 0 Å². The van der Waals surface area contributed by atoms with Crippen molar-refractivity contribution in [3.8, 4) is 0 Å². The first-order valence-electron chi connectivity index (χ1n) is 4.42. The van der Waals surface area contributed by atoms with Crippen molar-refractivity contribution in [2.45, 2.75) is 18.6 Å². The number of hydrogen-bond donors (Lipinski definition) is 3. The van der Waals surface area contributed by atoms with E-state index in [9.17, 15) is 9.90 Å². The van der Waals surface area contributed by atoms with Gasteiger partial charge in [0, 0.05) is 18.8 Å². The second-order valence-electron chi connectivity index (χ2n) is 3.13. The lowest BCUT2D eigenvalue weighted by Gasteiger charge is -2.09. The summed E-state index contributed by atoms with van der Waals surface area (Å²) < 4.78 is 0. The third-order valence-corrected chi connectivity index (χ3v) is 2.64. The minimum absolute atomic E-state index is 0.00519. The van der Waals surface area contributed by atoms with Crippen LogP contribution in [0.2, 0.25) is 0 Å². The van der Waals surface area contributed by atoms with Gasteiger partial charge in [-0.05, 0) is 12.7 Å². The van der Waals surface area contributed by atoms with Crippen LogP contribution in [0, 0.1) is 0 Å². The molecule has 1 saturated heterocycles. The highest BCUT2D eigenvalue weighted by atomic mass is 32.2. The van der Waals surface area contributed by atoms with Gasteiger partial charge in [0.2, 0.25) is 5.91 Å². The highest BCUT2D eigenvalue weighted by Gasteiger charge is 2.27. The number of hydrogen-bond acceptors (Lipinski definition) is 4. The monoisotopic (exact) mass is 204 g/mol. The van der Waals surface area contributed by atoms with Gasteiger partial charge in [-0.3, -0.25) is 4.79 Å². The highest BCUT2D eigenvalue weighted by molar-refractivity contribution is 7.98. The number of carbonyl (C=O) groups is 1. The molecule has 13 heavy (non-hydrogen) atoms. The van der Waals surface area contributed by atoms with E-state index in [0.717, 1.165) is 5.75 Å². The van der Waals surface area contributed by atoms with E-state index >= 15 is 0 Å². The number of aliphatic hydroxyl groups excluding tert-OH is 1. The van der Waals surface area contributed by atoms with Gasteiger partial charge in [-0.25, -0.2) is 0 Å². The van der Waals surface area contributed by atoms with Crippen LogP contribution in [0.15, 0.2) is 0 Å². The number of nitrogens with one attached hydrogen (secondary N) is 2. The van der Waals surface area contributed by atoms with Gasteiger partial charge >= 0.3 is 0 Å². The molecule has 1 fully saturated rings. The van der Waals surface area contributed by atoms with Crippen LogP contribution in [0.4, 0.5) is 0 Å². The van der Waals surface area contributed by atoms with E-state index in [1.807, 2.05) is 6.26 Å². The molecule has 4 nitrogen and oxygen atoms in total. The first-order chi connectivity index (χ1) is 6.24. The van der Waals surface area contributed by atoms with Crippen molar-refractivity contribution in [1.82, 2.24) is 10.6 Å². The average molecular weight is 204 g/mol. The second-order valence-corrected chi connectivity index (χ2v) is 4.12. The number of amides is 1. The summed E-state index contributed by atoms with van der Waals surface area (Å²) in [6.45, 7) is 1.23. The minimum atomic E-state index is -0.365. The fraction of sp³-hybridized carbons (Fsp3) is 0.875. The van der Waals surface area contributed by atoms with Gasteiger partial charge < -0.3 is 15.7 Å². The van der Waals surface area contributed by atoms with Gasteiger partial charge in [0.1, 0.15) is 0 Å². The highest BCUT2D eigenvalue weighted by Crippen LogP contribution is 2.05. The molecule has 0 aromatic carbocycles. The van der Waals surface area contributed by atoms with Crippen molar-refractivity contribution < 1.29 is 9.90 Å². The molecule has 5 heteroatoms. The zero-order valence-corrected chi connectivity index (χ0v) is 8.56. The van der Waals surface area contributed by atoms with Crippen LogP contribution < -0.4 is 10.6 Å². The van der Waals surface area contributed by atoms with E-state index in [1.54, 1.807) is 11.8 Å². The van der Waals surface area contributed by atoms with Crippen LogP contribution in [0.25, 0.3) is 0 Å². The summed E-state index contributed by atoms with van der Waals surface area (Å²) in [6, 6.07) is -0.197. The predicted molar refractivity (Wildman–Crippen MR) is 53.8 cm³/mol. The smallest absolute Gasteiger partial charge is 0.237 e. The quantitative estimate of drug-likeness (QED) is 0.524. The average Bonchev–Trinajstić information content (AvgIpc) is 2.52. The molecule has 0 aliphatic carbocycles. The summed E-state index contributed by atoms with van der Waals surface area (Å²) in [5, 5.41) is 15.0. The van der Waals surface area contributed by atoms with E-state index in [2.05, 4.69) is 10.6 Å². The Kier molecular flexibility index (Phi) is 4.55. The summed E-state index contributed by atoms with van der Waals surface area (Å²) in [4.78, 5) is 11.4. The molecule has 0 aromatic rings. The Morgan fingerprint density at radius 1 is 1.77 bits per heavy atom. The molecule has 1 unspecified atom stereocenters. The lowest BCUT2D eigenvalue weighted by Crippen LogP contribution is -2.41. The molecule has 1 aliphatic heterocycles. The third kappa shape index (κ3) is 3.54. The van der Waals surface area contributed by atoms with E-state index in [1.165, 1.54) is 0 Å². The Hall–Kier alpha value is -0.260. The van der Waals surface area contributed by atoms with Crippen LogP contribution in [-0.4, -0.2) is 48.3 Å². The van der Waals surface area contributed by atoms with Crippen LogP contribution in [-0.2, 0) is 4.79 Å². The maximum absolute atomic E-state index is 11.4. The van der Waals surface area contributed by atoms with Crippen molar-refractivity contribution in [2.75, 3.05) is 25.1 Å². The predicted octanol–water partition coefficient (Wildman–Crippen LogP) is -0.812. The van der Waals surface area contributed by atoms with Crippen molar-refractivity contribution in [1.29, 1.82) is 0 Å². The van der Waals surface area contributed by atoms with Gasteiger partial charge in [0.05, 0.1) is 12.1 Å². The Bertz CT molecular complexity index is 178. The molecule has 1 amide bonds. The Morgan fingerprint density at radius 3 is 3.08 bits per heavy atom. The number of rotatable bonds is 4. The number of aliphatic hydroxyl groups is 1. The van der Waals surface area contributed by atoms with Gasteiger partial charge in [-0.15, -0.1) is 0 Å². The van der Waals surface area contributed by atoms with E-state index < -0.39 is 0 Å². The first kappa shape index (κ1) is 10.8. The van der Waals surface area contributed by atoms with Crippen LogP contribution in [0.1, 0.15) is 6.42 Å². The molecule has 1 rings (SSSR count). The van der Waals surface area contributed by atoms with Crippen molar-refractivity contribution in [3.05, 3.63) is 0 Å². The molecule has 0 radical (unpaired) electrons. The minimum Gasteiger partial charge on any atom is -0.392 e. The van der Waals surface area contributed by atoms with Gasteiger partial charge in [0.15, 0.2) is 0 Å². The molecule has 0 saturated carbocycles. The molecule has 0 aromatic heterocycles. The summed E-state index contributed by atoms with van der Waals surface area (Å²) in [5.74, 6) is 0.937. The zero-order chi connectivity index (χ0) is 9.68. The van der Waals surface area contributed by atoms with Gasteiger partial charge in [-0.1, -0.05) is 0 Å². The fourth-order valence-electron chi connectivity index (χ4n) is 1.32. The molecule has 76 valence electrons. The van der Waals surface area contributed by atoms with Crippen molar-refractivity contribution >= 4 is 17.7 Å². The maximum atomic E-state index is 11.4. The maximum Gasteiger partial charge on any atom is 0.237 e. The Labute approximate surface area is 82.5 Å². The number of thioether (sulfide) groups is 1. The summed E-state index contributed by atoms with van der Waals surface area (Å²) in [6.07, 6.45) is 2.17. The van der Waals surface area contributed by atoms with Gasteiger partial charge in [0.25, 0.3) is 0 Å². The third-order valence-electron chi connectivity index (χ3n) is 2.03. The molecule has 0 spiro atoms. The molecule has 1 heterocycles. The van der Waals surface area contributed by atoms with Crippen LogP contribution in [0.5, 0.6) is 0 Å². The molecular weight excluding hydrogens is 188 g/mol. The summed E-state index contributed by atoms with van der Waals surface area (Å²) in [5.41, 5.74) is 0. The summed E-state index contributed by atoms with van der Waals surface area (Å²) >= 11 is 1.70. The normalized spacial score (nSPS) is 27.5. The fourth-order valence-corrected chi connectivity index (χ4v) is 1.62. The Balaban J connectivity index is 2.16. The van der Waals surface area contributed by atoms with Crippen LogP contribution >= 0.6 is 11.8 Å². The van der Waals surface area contributed by atoms with Crippen molar-refractivity contribution in [3.63, 3.8) is 0 Å². The van der Waals surface area contributed by atoms with Gasteiger partial charge in [-0.2, -0.15) is 11.8 Å². The molecule has 0 bridgehead atoms. The molecular formula is C8H16N2O2S.